The Balaban J connectivity index is 4.83. The van der Waals surface area contributed by atoms with Crippen LogP contribution in [-0.2, 0) is 13.6 Å². The van der Waals surface area contributed by atoms with Gasteiger partial charge in [-0.3, -0.25) is 4.57 Å². The normalized spacial score (nSPS) is 13.9. The van der Waals surface area contributed by atoms with E-state index in [1.165, 1.54) is 14.2 Å². The molecule has 0 bridgehead atoms. The third-order valence-electron chi connectivity index (χ3n) is 1.38. The molecule has 0 amide bonds. The van der Waals surface area contributed by atoms with Gasteiger partial charge < -0.3 is 14.3 Å². The van der Waals surface area contributed by atoms with Crippen LogP contribution in [0.2, 0.25) is 0 Å². The minimum Gasteiger partial charge on any atom is -0.410 e. The van der Waals surface area contributed by atoms with Crippen LogP contribution in [0.5, 0.6) is 0 Å². The quantitative estimate of drug-likeness (QED) is 0.322. The Bertz CT molecular complexity index is 206. The maximum atomic E-state index is 11.6. The second-order valence-electron chi connectivity index (χ2n) is 2.48. The summed E-state index contributed by atoms with van der Waals surface area (Å²) in [6.07, 6.45) is 0. The van der Waals surface area contributed by atoms with Crippen molar-refractivity contribution in [2.24, 2.45) is 11.1 Å². The zero-order chi connectivity index (χ0) is 9.78. The van der Waals surface area contributed by atoms with Crippen LogP contribution in [-0.4, -0.2) is 24.9 Å². The van der Waals surface area contributed by atoms with Crippen LogP contribution < -0.4 is 0 Å². The van der Waals surface area contributed by atoms with Crippen LogP contribution in [0.25, 0.3) is 0 Å². The van der Waals surface area contributed by atoms with Gasteiger partial charge in [-0.25, -0.2) is 0 Å². The summed E-state index contributed by atoms with van der Waals surface area (Å²) >= 11 is 0. The van der Waals surface area contributed by atoms with E-state index in [1.807, 2.05) is 0 Å². The average Bonchev–Trinajstić information content (AvgIpc) is 2.04. The van der Waals surface area contributed by atoms with Crippen molar-refractivity contribution in [2.45, 2.75) is 13.8 Å². The van der Waals surface area contributed by atoms with Crippen molar-refractivity contribution in [3.8, 4) is 0 Å². The lowest BCUT2D eigenvalue weighted by Crippen LogP contribution is -2.10. The smallest absolute Gasteiger partial charge is 0.378 e. The minimum atomic E-state index is -3.35. The van der Waals surface area contributed by atoms with Crippen LogP contribution >= 0.6 is 7.60 Å². The van der Waals surface area contributed by atoms with Gasteiger partial charge in [0.05, 0.1) is 0 Å². The molecule has 72 valence electrons. The van der Waals surface area contributed by atoms with Crippen molar-refractivity contribution < 1.29 is 18.8 Å². The van der Waals surface area contributed by atoms with Crippen molar-refractivity contribution in [3.05, 3.63) is 0 Å². The van der Waals surface area contributed by atoms with Gasteiger partial charge in [0.15, 0.2) is 5.45 Å². The predicted octanol–water partition coefficient (Wildman–Crippen LogP) is 1.92. The van der Waals surface area contributed by atoms with Crippen molar-refractivity contribution in [1.29, 1.82) is 0 Å². The van der Waals surface area contributed by atoms with Crippen molar-refractivity contribution in [1.82, 2.24) is 0 Å². The number of nitrogens with zero attached hydrogens (tertiary/aromatic N) is 1. The van der Waals surface area contributed by atoms with E-state index in [1.54, 1.807) is 13.8 Å². The van der Waals surface area contributed by atoms with Gasteiger partial charge in [-0.15, -0.1) is 0 Å². The lowest BCUT2D eigenvalue weighted by molar-refractivity contribution is 0.281. The molecule has 0 aromatic rings. The predicted molar refractivity (Wildman–Crippen MR) is 45.7 cm³/mol. The number of hydrogen-bond acceptors (Lipinski definition) is 5. The van der Waals surface area contributed by atoms with E-state index in [0.717, 1.165) is 0 Å². The molecule has 0 aliphatic heterocycles. The summed E-state index contributed by atoms with van der Waals surface area (Å²) in [5.41, 5.74) is 0.0347. The van der Waals surface area contributed by atoms with E-state index >= 15 is 0 Å². The summed E-state index contributed by atoms with van der Waals surface area (Å²) in [4.78, 5) is 0. The molecule has 0 fully saturated rings. The first kappa shape index (κ1) is 11.6. The Morgan fingerprint density at radius 1 is 1.42 bits per heavy atom. The van der Waals surface area contributed by atoms with E-state index in [0.29, 0.717) is 0 Å². The molecule has 0 radical (unpaired) electrons. The van der Waals surface area contributed by atoms with Gasteiger partial charge in [0.1, 0.15) is 0 Å². The topological polar surface area (TPSA) is 68.1 Å². The van der Waals surface area contributed by atoms with Gasteiger partial charge in [-0.2, -0.15) is 0 Å². The summed E-state index contributed by atoms with van der Waals surface area (Å²) in [6.45, 7) is 3.47. The van der Waals surface area contributed by atoms with E-state index < -0.39 is 7.60 Å². The van der Waals surface area contributed by atoms with E-state index in [-0.39, 0.29) is 11.4 Å². The van der Waals surface area contributed by atoms with Gasteiger partial charge in [-0.05, 0) is 0 Å². The largest absolute Gasteiger partial charge is 0.410 e. The van der Waals surface area contributed by atoms with Crippen molar-refractivity contribution in [3.63, 3.8) is 0 Å². The Morgan fingerprint density at radius 3 is 1.92 bits per heavy atom. The average molecular weight is 195 g/mol. The Hall–Kier alpha value is -0.380. The maximum Gasteiger partial charge on any atom is 0.378 e. The number of hydrogen-bond donors (Lipinski definition) is 1. The molecule has 0 heterocycles. The molecule has 5 nitrogen and oxygen atoms in total. The molecule has 0 rings (SSSR count). The Kier molecular flexibility index (Phi) is 4.45. The van der Waals surface area contributed by atoms with Crippen LogP contribution in [0.4, 0.5) is 0 Å². The molecule has 0 spiro atoms. The first-order valence-corrected chi connectivity index (χ1v) is 5.00. The fraction of sp³-hybridized carbons (Fsp3) is 0.833. The highest BCUT2D eigenvalue weighted by atomic mass is 31.2. The molecule has 0 atom stereocenters. The monoisotopic (exact) mass is 195 g/mol. The van der Waals surface area contributed by atoms with E-state index in [9.17, 15) is 4.57 Å². The highest BCUT2D eigenvalue weighted by Gasteiger charge is 2.32. The zero-order valence-electron chi connectivity index (χ0n) is 7.64. The number of oxime groups is 1. The molecule has 1 N–H and O–H groups in total. The summed E-state index contributed by atoms with van der Waals surface area (Å²) < 4.78 is 20.9. The van der Waals surface area contributed by atoms with Gasteiger partial charge in [-0.1, -0.05) is 19.0 Å². The highest BCUT2D eigenvalue weighted by molar-refractivity contribution is 7.72. The van der Waals surface area contributed by atoms with E-state index in [4.69, 9.17) is 5.21 Å². The van der Waals surface area contributed by atoms with E-state index in [2.05, 4.69) is 14.2 Å². The van der Waals surface area contributed by atoms with Gasteiger partial charge in [0.25, 0.3) is 0 Å². The van der Waals surface area contributed by atoms with Crippen LogP contribution in [0, 0.1) is 5.92 Å². The fourth-order valence-electron chi connectivity index (χ4n) is 0.748. The first-order valence-electron chi connectivity index (χ1n) is 3.45. The molecule has 0 saturated heterocycles. The van der Waals surface area contributed by atoms with Gasteiger partial charge >= 0.3 is 7.60 Å². The summed E-state index contributed by atoms with van der Waals surface area (Å²) in [5.74, 6) is -0.180. The summed E-state index contributed by atoms with van der Waals surface area (Å²) in [6, 6.07) is 0. The molecule has 0 aliphatic carbocycles. The minimum absolute atomic E-state index is 0.0347. The summed E-state index contributed by atoms with van der Waals surface area (Å²) in [5, 5.41) is 11.5. The van der Waals surface area contributed by atoms with Gasteiger partial charge in [0.2, 0.25) is 0 Å². The third kappa shape index (κ3) is 2.30. The second-order valence-corrected chi connectivity index (χ2v) is 4.66. The van der Waals surface area contributed by atoms with Crippen LogP contribution in [0.1, 0.15) is 13.8 Å². The lowest BCUT2D eigenvalue weighted by atomic mass is 10.2. The summed E-state index contributed by atoms with van der Waals surface area (Å²) in [7, 11) is -0.852. The molecule has 6 heteroatoms. The molecule has 0 saturated carbocycles. The SMILES string of the molecule is COP(=O)(OC)/C(=N/O)C(C)C. The van der Waals surface area contributed by atoms with Crippen LogP contribution in [0.15, 0.2) is 5.16 Å². The molecule has 0 unspecified atom stereocenters. The van der Waals surface area contributed by atoms with Gasteiger partial charge in [0, 0.05) is 20.1 Å². The van der Waals surface area contributed by atoms with Crippen LogP contribution in [0.3, 0.4) is 0 Å². The molecular weight excluding hydrogens is 181 g/mol. The standard InChI is InChI=1S/C6H14NO4P/c1-5(2)6(7-8)12(9,10-3)11-4/h5,8H,1-4H3/b7-6+. The first-order chi connectivity index (χ1) is 5.51. The fourth-order valence-corrected chi connectivity index (χ4v) is 2.01. The molecule has 0 aliphatic rings. The highest BCUT2D eigenvalue weighted by Crippen LogP contribution is 2.50. The molecule has 12 heavy (non-hydrogen) atoms. The van der Waals surface area contributed by atoms with Crippen molar-refractivity contribution >= 4 is 13.0 Å². The zero-order valence-corrected chi connectivity index (χ0v) is 8.54. The number of rotatable bonds is 4. The third-order valence-corrected chi connectivity index (χ3v) is 3.51. The molecule has 0 aromatic carbocycles. The Morgan fingerprint density at radius 2 is 1.83 bits per heavy atom. The van der Waals surface area contributed by atoms with Crippen molar-refractivity contribution in [2.75, 3.05) is 14.2 Å². The Labute approximate surface area is 71.9 Å². The molecular formula is C6H14NO4P. The maximum absolute atomic E-state index is 11.6. The lowest BCUT2D eigenvalue weighted by Gasteiger charge is -2.16. The second kappa shape index (κ2) is 4.60. The molecule has 0 aromatic heterocycles.